The third-order valence-electron chi connectivity index (χ3n) is 3.45. The summed E-state index contributed by atoms with van der Waals surface area (Å²) in [6.45, 7) is 3.61. The Morgan fingerprint density at radius 3 is 2.26 bits per heavy atom. The molecule has 1 N–H and O–H groups in total. The van der Waals surface area contributed by atoms with E-state index in [1.165, 1.54) is 0 Å². The van der Waals surface area contributed by atoms with Crippen LogP contribution in [0, 0.1) is 11.6 Å². The quantitative estimate of drug-likeness (QED) is 0.887. The molecule has 0 aliphatic carbocycles. The second-order valence-corrected chi connectivity index (χ2v) is 5.16. The van der Waals surface area contributed by atoms with Crippen LogP contribution in [-0.2, 0) is 5.41 Å². The fraction of sp³-hybridized carbons (Fsp3) is 0.250. The Labute approximate surface area is 111 Å². The fourth-order valence-corrected chi connectivity index (χ4v) is 2.14. The Kier molecular flexibility index (Phi) is 3.67. The molecule has 0 aliphatic rings. The van der Waals surface area contributed by atoms with E-state index < -0.39 is 23.2 Å². The molecule has 3 heteroatoms. The van der Waals surface area contributed by atoms with Gasteiger partial charge < -0.3 is 5.11 Å². The van der Waals surface area contributed by atoms with E-state index in [9.17, 15) is 13.9 Å². The van der Waals surface area contributed by atoms with Crippen LogP contribution in [0.15, 0.2) is 48.5 Å². The molecule has 0 radical (unpaired) electrons. The van der Waals surface area contributed by atoms with Gasteiger partial charge in [0.25, 0.3) is 0 Å². The van der Waals surface area contributed by atoms with Crippen LogP contribution in [0.2, 0.25) is 0 Å². The molecule has 0 aromatic heterocycles. The summed E-state index contributed by atoms with van der Waals surface area (Å²) in [4.78, 5) is 0. The molecule has 0 saturated carbocycles. The highest BCUT2D eigenvalue weighted by Crippen LogP contribution is 2.37. The van der Waals surface area contributed by atoms with Crippen molar-refractivity contribution in [3.63, 3.8) is 0 Å². The normalized spacial score (nSPS) is 13.3. The number of hydrogen-bond acceptors (Lipinski definition) is 1. The summed E-state index contributed by atoms with van der Waals surface area (Å²) in [5.74, 6) is -1.16. The van der Waals surface area contributed by atoms with Crippen molar-refractivity contribution in [1.82, 2.24) is 0 Å². The predicted octanol–water partition coefficient (Wildman–Crippen LogP) is 3.98. The topological polar surface area (TPSA) is 20.2 Å². The van der Waals surface area contributed by atoms with Crippen molar-refractivity contribution in [1.29, 1.82) is 0 Å². The van der Waals surface area contributed by atoms with Gasteiger partial charge in [-0.25, -0.2) is 8.78 Å². The Bertz CT molecular complexity index is 564. The van der Waals surface area contributed by atoms with Gasteiger partial charge in [-0.2, -0.15) is 0 Å². The van der Waals surface area contributed by atoms with Gasteiger partial charge in [-0.05, 0) is 23.8 Å². The molecular weight excluding hydrogens is 246 g/mol. The van der Waals surface area contributed by atoms with Crippen molar-refractivity contribution >= 4 is 0 Å². The lowest BCUT2D eigenvalue weighted by Crippen LogP contribution is -2.27. The van der Waals surface area contributed by atoms with Gasteiger partial charge in [0.1, 0.15) is 11.6 Å². The van der Waals surface area contributed by atoms with Crippen LogP contribution < -0.4 is 0 Å². The average molecular weight is 262 g/mol. The third kappa shape index (κ3) is 2.66. The lowest BCUT2D eigenvalue weighted by molar-refractivity contribution is 0.0962. The first-order chi connectivity index (χ1) is 8.93. The molecule has 0 aliphatic heterocycles. The lowest BCUT2D eigenvalue weighted by Gasteiger charge is -2.31. The number of hydrogen-bond donors (Lipinski definition) is 1. The van der Waals surface area contributed by atoms with Crippen LogP contribution >= 0.6 is 0 Å². The first kappa shape index (κ1) is 13.7. The molecular formula is C16H16F2O. The summed E-state index contributed by atoms with van der Waals surface area (Å²) in [7, 11) is 0. The van der Waals surface area contributed by atoms with Crippen molar-refractivity contribution < 1.29 is 13.9 Å². The van der Waals surface area contributed by atoms with Gasteiger partial charge in [0.15, 0.2) is 0 Å². The standard InChI is InChI=1S/C16H16F2O/c1-16(2,11-6-4-3-5-7-11)15(19)13-10-12(17)8-9-14(13)18/h3-10,15,19H,1-2H3. The maximum atomic E-state index is 13.7. The average Bonchev–Trinajstić information content (AvgIpc) is 2.41. The summed E-state index contributed by atoms with van der Waals surface area (Å²) < 4.78 is 27.0. The molecule has 1 unspecified atom stereocenters. The van der Waals surface area contributed by atoms with E-state index in [4.69, 9.17) is 0 Å². The Balaban J connectivity index is 2.43. The van der Waals surface area contributed by atoms with Crippen molar-refractivity contribution in [3.8, 4) is 0 Å². The molecule has 2 aromatic rings. The Hall–Kier alpha value is -1.74. The van der Waals surface area contributed by atoms with E-state index in [1.54, 1.807) is 13.8 Å². The van der Waals surface area contributed by atoms with Gasteiger partial charge in [-0.1, -0.05) is 44.2 Å². The van der Waals surface area contributed by atoms with E-state index in [0.717, 1.165) is 23.8 Å². The zero-order chi connectivity index (χ0) is 14.0. The summed E-state index contributed by atoms with van der Waals surface area (Å²) >= 11 is 0. The first-order valence-corrected chi connectivity index (χ1v) is 6.11. The van der Waals surface area contributed by atoms with E-state index in [2.05, 4.69) is 0 Å². The highest BCUT2D eigenvalue weighted by Gasteiger charge is 2.32. The van der Waals surface area contributed by atoms with Crippen molar-refractivity contribution in [2.75, 3.05) is 0 Å². The molecule has 0 heterocycles. The largest absolute Gasteiger partial charge is 0.387 e. The van der Waals surface area contributed by atoms with Crippen LogP contribution in [0.3, 0.4) is 0 Å². The maximum absolute atomic E-state index is 13.7. The van der Waals surface area contributed by atoms with Crippen LogP contribution in [0.1, 0.15) is 31.1 Å². The van der Waals surface area contributed by atoms with E-state index in [0.29, 0.717) is 0 Å². The molecule has 0 amide bonds. The molecule has 1 nitrogen and oxygen atoms in total. The molecule has 0 fully saturated rings. The minimum Gasteiger partial charge on any atom is -0.387 e. The molecule has 19 heavy (non-hydrogen) atoms. The lowest BCUT2D eigenvalue weighted by atomic mass is 9.76. The highest BCUT2D eigenvalue weighted by molar-refractivity contribution is 5.31. The van der Waals surface area contributed by atoms with Crippen molar-refractivity contribution in [3.05, 3.63) is 71.3 Å². The number of aliphatic hydroxyl groups is 1. The monoisotopic (exact) mass is 262 g/mol. The highest BCUT2D eigenvalue weighted by atomic mass is 19.1. The smallest absolute Gasteiger partial charge is 0.129 e. The van der Waals surface area contributed by atoms with Gasteiger partial charge in [-0.15, -0.1) is 0 Å². The van der Waals surface area contributed by atoms with Gasteiger partial charge in [-0.3, -0.25) is 0 Å². The Morgan fingerprint density at radius 2 is 1.63 bits per heavy atom. The minimum absolute atomic E-state index is 0.0196. The summed E-state index contributed by atoms with van der Waals surface area (Å²) in [5, 5.41) is 10.4. The van der Waals surface area contributed by atoms with Gasteiger partial charge in [0.05, 0.1) is 6.10 Å². The number of halogens is 2. The minimum atomic E-state index is -1.12. The maximum Gasteiger partial charge on any atom is 0.129 e. The fourth-order valence-electron chi connectivity index (χ4n) is 2.14. The molecule has 100 valence electrons. The summed E-state index contributed by atoms with van der Waals surface area (Å²) in [6.07, 6.45) is -1.12. The van der Waals surface area contributed by atoms with Crippen LogP contribution in [0.25, 0.3) is 0 Å². The molecule has 2 rings (SSSR count). The predicted molar refractivity (Wildman–Crippen MR) is 70.8 cm³/mol. The Morgan fingerprint density at radius 1 is 1.00 bits per heavy atom. The molecule has 1 atom stereocenters. The second-order valence-electron chi connectivity index (χ2n) is 5.16. The zero-order valence-corrected chi connectivity index (χ0v) is 10.9. The first-order valence-electron chi connectivity index (χ1n) is 6.11. The number of rotatable bonds is 3. The van der Waals surface area contributed by atoms with Crippen LogP contribution in [-0.4, -0.2) is 5.11 Å². The number of benzene rings is 2. The van der Waals surface area contributed by atoms with Gasteiger partial charge in [0.2, 0.25) is 0 Å². The molecule has 0 bridgehead atoms. The van der Waals surface area contributed by atoms with E-state index >= 15 is 0 Å². The van der Waals surface area contributed by atoms with Gasteiger partial charge >= 0.3 is 0 Å². The van der Waals surface area contributed by atoms with Crippen LogP contribution in [0.5, 0.6) is 0 Å². The molecule has 0 spiro atoms. The molecule has 0 saturated heterocycles. The summed E-state index contributed by atoms with van der Waals surface area (Å²) in [5.41, 5.74) is 0.135. The van der Waals surface area contributed by atoms with Crippen molar-refractivity contribution in [2.24, 2.45) is 0 Å². The third-order valence-corrected chi connectivity index (χ3v) is 3.45. The second kappa shape index (κ2) is 5.10. The number of aliphatic hydroxyl groups excluding tert-OH is 1. The zero-order valence-electron chi connectivity index (χ0n) is 10.9. The molecule has 2 aromatic carbocycles. The summed E-state index contributed by atoms with van der Waals surface area (Å²) in [6, 6.07) is 12.4. The SMILES string of the molecule is CC(C)(c1ccccc1)C(O)c1cc(F)ccc1F. The van der Waals surface area contributed by atoms with E-state index in [1.807, 2.05) is 30.3 Å². The van der Waals surface area contributed by atoms with Gasteiger partial charge in [0, 0.05) is 11.0 Å². The van der Waals surface area contributed by atoms with E-state index in [-0.39, 0.29) is 5.56 Å². The van der Waals surface area contributed by atoms with Crippen molar-refractivity contribution in [2.45, 2.75) is 25.4 Å². The van der Waals surface area contributed by atoms with Crippen LogP contribution in [0.4, 0.5) is 8.78 Å².